The highest BCUT2D eigenvalue weighted by Crippen LogP contribution is 2.26. The normalized spacial score (nSPS) is 13.5. The number of aromatic amines is 1. The molecule has 0 saturated carbocycles. The van der Waals surface area contributed by atoms with Gasteiger partial charge in [-0.2, -0.15) is 0 Å². The van der Waals surface area contributed by atoms with Gasteiger partial charge in [0.05, 0.1) is 0 Å². The Kier molecular flexibility index (Phi) is 1.22. The molecule has 62 valence electrons. The molecule has 0 aliphatic heterocycles. The molecule has 1 aliphatic rings. The molecule has 0 saturated heterocycles. The summed E-state index contributed by atoms with van der Waals surface area (Å²) in [6, 6.07) is 6.36. The third-order valence-electron chi connectivity index (χ3n) is 2.43. The summed E-state index contributed by atoms with van der Waals surface area (Å²) in [7, 11) is 0. The summed E-state index contributed by atoms with van der Waals surface area (Å²) in [6.45, 7) is 0. The van der Waals surface area contributed by atoms with Crippen LogP contribution in [0.25, 0.3) is 22.9 Å². The van der Waals surface area contributed by atoms with Gasteiger partial charge in [-0.25, -0.2) is 0 Å². The van der Waals surface area contributed by atoms with E-state index >= 15 is 0 Å². The Balaban J connectivity index is 2.56. The summed E-state index contributed by atoms with van der Waals surface area (Å²) in [5, 5.41) is 2.61. The van der Waals surface area contributed by atoms with Crippen molar-refractivity contribution in [1.29, 1.82) is 0 Å². The lowest BCUT2D eigenvalue weighted by atomic mass is 10.1. The Hall–Kier alpha value is -1.76. The van der Waals surface area contributed by atoms with E-state index in [1.54, 1.807) is 0 Å². The first-order chi connectivity index (χ1) is 6.45. The average molecular weight is 167 g/mol. The molecule has 0 fully saturated rings. The number of benzene rings is 1. The quantitative estimate of drug-likeness (QED) is 0.620. The Labute approximate surface area is 76.4 Å². The maximum atomic E-state index is 3.27. The van der Waals surface area contributed by atoms with Crippen molar-refractivity contribution < 1.29 is 0 Å². The van der Waals surface area contributed by atoms with Crippen LogP contribution in [0.2, 0.25) is 0 Å². The van der Waals surface area contributed by atoms with Crippen molar-refractivity contribution in [1.82, 2.24) is 4.98 Å². The zero-order valence-corrected chi connectivity index (χ0v) is 7.12. The summed E-state index contributed by atoms with van der Waals surface area (Å²) in [5.74, 6) is 0. The lowest BCUT2D eigenvalue weighted by Crippen LogP contribution is -1.75. The first kappa shape index (κ1) is 6.72. The molecule has 0 bridgehead atoms. The SMILES string of the molecule is C1=Cc2cccc3c[nH]c(c23)C=C1. The van der Waals surface area contributed by atoms with E-state index in [1.165, 1.54) is 22.0 Å². The molecule has 1 aliphatic carbocycles. The van der Waals surface area contributed by atoms with E-state index in [4.69, 9.17) is 0 Å². The predicted octanol–water partition coefficient (Wildman–Crippen LogP) is 3.21. The van der Waals surface area contributed by atoms with Gasteiger partial charge in [0.25, 0.3) is 0 Å². The standard InChI is InChI=1S/C12H9N/c1-2-7-11-12-9(4-1)5-3-6-10(12)8-13-11/h1-8,13H. The molecule has 0 unspecified atom stereocenters. The summed E-state index contributed by atoms with van der Waals surface area (Å²) >= 11 is 0. The van der Waals surface area contributed by atoms with E-state index in [0.29, 0.717) is 0 Å². The number of allylic oxidation sites excluding steroid dienone is 2. The first-order valence-corrected chi connectivity index (χ1v) is 4.40. The van der Waals surface area contributed by atoms with E-state index in [2.05, 4.69) is 53.7 Å². The van der Waals surface area contributed by atoms with Gasteiger partial charge >= 0.3 is 0 Å². The van der Waals surface area contributed by atoms with Crippen LogP contribution in [0.3, 0.4) is 0 Å². The molecular weight excluding hydrogens is 158 g/mol. The molecule has 13 heavy (non-hydrogen) atoms. The second-order valence-electron chi connectivity index (χ2n) is 3.23. The van der Waals surface area contributed by atoms with Gasteiger partial charge in [-0.15, -0.1) is 0 Å². The largest absolute Gasteiger partial charge is 0.361 e. The third kappa shape index (κ3) is 0.872. The summed E-state index contributed by atoms with van der Waals surface area (Å²) in [4.78, 5) is 3.27. The van der Waals surface area contributed by atoms with E-state index < -0.39 is 0 Å². The van der Waals surface area contributed by atoms with Gasteiger partial charge in [0, 0.05) is 22.7 Å². The lowest BCUT2D eigenvalue weighted by Gasteiger charge is -1.96. The van der Waals surface area contributed by atoms with Crippen LogP contribution >= 0.6 is 0 Å². The minimum atomic E-state index is 1.20. The van der Waals surface area contributed by atoms with Crippen LogP contribution in [0.4, 0.5) is 0 Å². The average Bonchev–Trinajstić information content (AvgIpc) is 2.44. The van der Waals surface area contributed by atoms with Crippen molar-refractivity contribution in [2.45, 2.75) is 0 Å². The van der Waals surface area contributed by atoms with Crippen LogP contribution in [0, 0.1) is 0 Å². The van der Waals surface area contributed by atoms with Gasteiger partial charge in [0.15, 0.2) is 0 Å². The minimum absolute atomic E-state index is 1.20. The fraction of sp³-hybridized carbons (Fsp3) is 0. The predicted molar refractivity (Wildman–Crippen MR) is 56.4 cm³/mol. The van der Waals surface area contributed by atoms with Crippen molar-refractivity contribution in [2.24, 2.45) is 0 Å². The number of rotatable bonds is 0. The number of H-pyrrole nitrogens is 1. The Morgan fingerprint density at radius 3 is 2.92 bits per heavy atom. The van der Waals surface area contributed by atoms with Crippen LogP contribution < -0.4 is 0 Å². The molecule has 0 spiro atoms. The van der Waals surface area contributed by atoms with Crippen LogP contribution in [-0.4, -0.2) is 4.98 Å². The van der Waals surface area contributed by atoms with E-state index in [1.807, 2.05) is 0 Å². The van der Waals surface area contributed by atoms with Gasteiger partial charge in [0.2, 0.25) is 0 Å². The van der Waals surface area contributed by atoms with Crippen molar-refractivity contribution >= 4 is 22.9 Å². The zero-order valence-electron chi connectivity index (χ0n) is 7.12. The Bertz CT molecular complexity index is 515. The summed E-state index contributed by atoms with van der Waals surface area (Å²) < 4.78 is 0. The number of nitrogens with one attached hydrogen (secondary N) is 1. The molecule has 1 aromatic carbocycles. The summed E-state index contributed by atoms with van der Waals surface area (Å²) in [6.07, 6.45) is 10.4. The first-order valence-electron chi connectivity index (χ1n) is 4.40. The molecule has 1 nitrogen and oxygen atoms in total. The number of hydrogen-bond acceptors (Lipinski definition) is 0. The molecular formula is C12H9N. The lowest BCUT2D eigenvalue weighted by molar-refractivity contribution is 1.39. The second-order valence-corrected chi connectivity index (χ2v) is 3.23. The molecule has 1 N–H and O–H groups in total. The van der Waals surface area contributed by atoms with Gasteiger partial charge in [-0.1, -0.05) is 36.4 Å². The smallest absolute Gasteiger partial charge is 0.0466 e. The van der Waals surface area contributed by atoms with Crippen molar-refractivity contribution in [2.75, 3.05) is 0 Å². The van der Waals surface area contributed by atoms with Gasteiger partial charge in [-0.3, -0.25) is 0 Å². The van der Waals surface area contributed by atoms with Crippen LogP contribution in [-0.2, 0) is 0 Å². The van der Waals surface area contributed by atoms with Crippen molar-refractivity contribution in [3.8, 4) is 0 Å². The minimum Gasteiger partial charge on any atom is -0.361 e. The van der Waals surface area contributed by atoms with E-state index in [0.717, 1.165) is 0 Å². The van der Waals surface area contributed by atoms with Gasteiger partial charge in [-0.05, 0) is 11.6 Å². The third-order valence-corrected chi connectivity index (χ3v) is 2.43. The Morgan fingerprint density at radius 1 is 1.00 bits per heavy atom. The fourth-order valence-corrected chi connectivity index (χ4v) is 1.83. The fourth-order valence-electron chi connectivity index (χ4n) is 1.83. The van der Waals surface area contributed by atoms with E-state index in [9.17, 15) is 0 Å². The highest BCUT2D eigenvalue weighted by atomic mass is 14.7. The summed E-state index contributed by atoms with van der Waals surface area (Å²) in [5.41, 5.74) is 2.49. The molecule has 3 rings (SSSR count). The highest BCUT2D eigenvalue weighted by Gasteiger charge is 2.05. The number of hydrogen-bond donors (Lipinski definition) is 1. The van der Waals surface area contributed by atoms with Crippen molar-refractivity contribution in [3.05, 3.63) is 47.8 Å². The van der Waals surface area contributed by atoms with E-state index in [-0.39, 0.29) is 0 Å². The van der Waals surface area contributed by atoms with Crippen molar-refractivity contribution in [3.63, 3.8) is 0 Å². The topological polar surface area (TPSA) is 15.8 Å². The molecule has 1 heterocycles. The monoisotopic (exact) mass is 167 g/mol. The Morgan fingerprint density at radius 2 is 1.92 bits per heavy atom. The maximum Gasteiger partial charge on any atom is 0.0466 e. The molecule has 0 amide bonds. The number of aromatic nitrogens is 1. The van der Waals surface area contributed by atoms with Gasteiger partial charge in [0.1, 0.15) is 0 Å². The maximum absolute atomic E-state index is 3.27. The highest BCUT2D eigenvalue weighted by molar-refractivity contribution is 5.97. The molecule has 0 radical (unpaired) electrons. The molecule has 2 aromatic rings. The van der Waals surface area contributed by atoms with Crippen LogP contribution in [0.15, 0.2) is 36.5 Å². The molecule has 1 aromatic heterocycles. The molecule has 0 atom stereocenters. The van der Waals surface area contributed by atoms with Crippen LogP contribution in [0.5, 0.6) is 0 Å². The second kappa shape index (κ2) is 2.36. The zero-order chi connectivity index (χ0) is 8.67. The van der Waals surface area contributed by atoms with Gasteiger partial charge < -0.3 is 4.98 Å². The van der Waals surface area contributed by atoms with Crippen LogP contribution in [0.1, 0.15) is 11.3 Å². The molecule has 1 heteroatoms.